The van der Waals surface area contributed by atoms with Crippen LogP contribution in [0.25, 0.3) is 23.0 Å². The van der Waals surface area contributed by atoms with E-state index in [1.165, 1.54) is 0 Å². The Morgan fingerprint density at radius 2 is 1.56 bits per heavy atom. The van der Waals surface area contributed by atoms with Crippen molar-refractivity contribution < 1.29 is 19.1 Å². The van der Waals surface area contributed by atoms with Crippen LogP contribution in [0.1, 0.15) is 29.2 Å². The highest BCUT2D eigenvalue weighted by Crippen LogP contribution is 2.33. The first-order chi connectivity index (χ1) is 23.4. The van der Waals surface area contributed by atoms with Crippen LogP contribution in [-0.4, -0.2) is 40.1 Å². The number of hydrogen-bond donors (Lipinski definition) is 0. The minimum Gasteiger partial charge on any atom is -0.497 e. The number of para-hydroxylation sites is 1. The van der Waals surface area contributed by atoms with Gasteiger partial charge in [-0.3, -0.25) is 14.5 Å². The first kappa shape index (κ1) is 31.8. The summed E-state index contributed by atoms with van der Waals surface area (Å²) in [7, 11) is 1.60. The van der Waals surface area contributed by atoms with Crippen LogP contribution < -0.4 is 9.47 Å². The molecule has 5 aromatic rings. The molecule has 0 atom stereocenters. The number of amides is 2. The van der Waals surface area contributed by atoms with Gasteiger partial charge in [-0.25, -0.2) is 4.68 Å². The van der Waals surface area contributed by atoms with Gasteiger partial charge in [0.1, 0.15) is 29.7 Å². The Morgan fingerprint density at radius 3 is 2.23 bits per heavy atom. The Hall–Kier alpha value is -6.20. The van der Waals surface area contributed by atoms with E-state index in [4.69, 9.17) is 14.6 Å². The standard InChI is InChI=1S/C40H34N4O4/c1-27-22-31(16-19-37(27)48-26-30-10-6-4-7-11-30)38-32(25-44(42-38)33-12-8-5-9-13-33)23-35-28(2)36(24-41)40(46)43(39(35)45)21-20-29-14-17-34(47-3)18-15-29/h4-19,22-23,25H,20-21,26H2,1-3H3/b35-23+. The molecule has 8 heteroatoms. The van der Waals surface area contributed by atoms with Gasteiger partial charge in [0.15, 0.2) is 0 Å². The summed E-state index contributed by atoms with van der Waals surface area (Å²) in [5.74, 6) is 0.434. The lowest BCUT2D eigenvalue weighted by Gasteiger charge is -2.27. The number of hydrogen-bond acceptors (Lipinski definition) is 6. The number of rotatable bonds is 10. The third-order valence-corrected chi connectivity index (χ3v) is 8.36. The molecular weight excluding hydrogens is 600 g/mol. The van der Waals surface area contributed by atoms with Gasteiger partial charge in [-0.2, -0.15) is 10.4 Å². The van der Waals surface area contributed by atoms with Crippen LogP contribution >= 0.6 is 0 Å². The van der Waals surface area contributed by atoms with E-state index >= 15 is 0 Å². The summed E-state index contributed by atoms with van der Waals surface area (Å²) in [6, 6.07) is 35.1. The van der Waals surface area contributed by atoms with Crippen molar-refractivity contribution in [3.05, 3.63) is 148 Å². The summed E-state index contributed by atoms with van der Waals surface area (Å²) >= 11 is 0. The zero-order valence-corrected chi connectivity index (χ0v) is 27.0. The molecule has 1 aliphatic rings. The molecule has 0 saturated heterocycles. The molecule has 4 aromatic carbocycles. The number of carbonyl (C=O) groups excluding carboxylic acids is 2. The maximum Gasteiger partial charge on any atom is 0.271 e. The zero-order valence-electron chi connectivity index (χ0n) is 27.0. The van der Waals surface area contributed by atoms with E-state index in [2.05, 4.69) is 0 Å². The largest absolute Gasteiger partial charge is 0.497 e. The lowest BCUT2D eigenvalue weighted by Crippen LogP contribution is -2.43. The number of ether oxygens (including phenoxy) is 2. The maximum atomic E-state index is 14.0. The summed E-state index contributed by atoms with van der Waals surface area (Å²) in [4.78, 5) is 28.5. The van der Waals surface area contributed by atoms with Gasteiger partial charge >= 0.3 is 0 Å². The molecule has 0 fully saturated rings. The number of nitriles is 1. The van der Waals surface area contributed by atoms with E-state index in [1.807, 2.05) is 122 Å². The van der Waals surface area contributed by atoms with E-state index < -0.39 is 11.8 Å². The molecule has 0 unspecified atom stereocenters. The molecule has 6 rings (SSSR count). The molecule has 0 N–H and O–H groups in total. The summed E-state index contributed by atoms with van der Waals surface area (Å²) < 4.78 is 13.1. The molecule has 0 spiro atoms. The Morgan fingerprint density at radius 1 is 0.854 bits per heavy atom. The average Bonchev–Trinajstić information content (AvgIpc) is 3.55. The van der Waals surface area contributed by atoms with Gasteiger partial charge < -0.3 is 9.47 Å². The fourth-order valence-corrected chi connectivity index (χ4v) is 5.65. The van der Waals surface area contributed by atoms with E-state index in [-0.39, 0.29) is 17.7 Å². The molecule has 0 radical (unpaired) electrons. The molecule has 1 aromatic heterocycles. The number of imide groups is 1. The van der Waals surface area contributed by atoms with Crippen molar-refractivity contribution in [3.8, 4) is 34.5 Å². The predicted octanol–water partition coefficient (Wildman–Crippen LogP) is 7.27. The number of benzene rings is 4. The van der Waals surface area contributed by atoms with Crippen LogP contribution in [0, 0.1) is 18.3 Å². The maximum absolute atomic E-state index is 14.0. The summed E-state index contributed by atoms with van der Waals surface area (Å²) in [6.45, 7) is 4.20. The SMILES string of the molecule is COc1ccc(CCN2C(=O)C(C#N)=C(C)/C(=C\c3cn(-c4ccccc4)nc3-c3ccc(OCc4ccccc4)c(C)c3)C2=O)cc1. The highest BCUT2D eigenvalue weighted by Gasteiger charge is 2.35. The number of aromatic nitrogens is 2. The molecular formula is C40H34N4O4. The normalized spacial score (nSPS) is 14.0. The lowest BCUT2D eigenvalue weighted by molar-refractivity contribution is -0.140. The van der Waals surface area contributed by atoms with E-state index in [0.717, 1.165) is 44.3 Å². The topological polar surface area (TPSA) is 97.5 Å². The second-order valence-electron chi connectivity index (χ2n) is 11.5. The van der Waals surface area contributed by atoms with Gasteiger partial charge in [0.05, 0.1) is 18.5 Å². The van der Waals surface area contributed by atoms with Gasteiger partial charge in [-0.15, -0.1) is 0 Å². The van der Waals surface area contributed by atoms with Crippen molar-refractivity contribution >= 4 is 17.9 Å². The molecule has 0 saturated carbocycles. The summed E-state index contributed by atoms with van der Waals surface area (Å²) in [6.07, 6.45) is 4.03. The molecule has 1 aliphatic heterocycles. The zero-order chi connectivity index (χ0) is 33.6. The van der Waals surface area contributed by atoms with Crippen LogP contribution in [0.5, 0.6) is 11.5 Å². The summed E-state index contributed by atoms with van der Waals surface area (Å²) in [5, 5.41) is 14.9. The minimum atomic E-state index is -0.590. The molecule has 2 heterocycles. The number of aryl methyl sites for hydroxylation is 1. The van der Waals surface area contributed by atoms with Gasteiger partial charge in [0.25, 0.3) is 11.8 Å². The van der Waals surface area contributed by atoms with Crippen LogP contribution in [-0.2, 0) is 22.6 Å². The van der Waals surface area contributed by atoms with E-state index in [9.17, 15) is 14.9 Å². The third kappa shape index (κ3) is 6.67. The van der Waals surface area contributed by atoms with Crippen LogP contribution in [0.4, 0.5) is 0 Å². The Balaban J connectivity index is 1.36. The van der Waals surface area contributed by atoms with Crippen molar-refractivity contribution in [3.63, 3.8) is 0 Å². The average molecular weight is 635 g/mol. The van der Waals surface area contributed by atoms with Crippen molar-refractivity contribution in [1.82, 2.24) is 14.7 Å². The van der Waals surface area contributed by atoms with Crippen molar-refractivity contribution in [2.45, 2.75) is 26.9 Å². The highest BCUT2D eigenvalue weighted by atomic mass is 16.5. The van der Waals surface area contributed by atoms with Crippen molar-refractivity contribution in [2.75, 3.05) is 13.7 Å². The first-order valence-corrected chi connectivity index (χ1v) is 15.6. The smallest absolute Gasteiger partial charge is 0.271 e. The van der Waals surface area contributed by atoms with Gasteiger partial charge in [0, 0.05) is 29.4 Å². The quantitative estimate of drug-likeness (QED) is 0.118. The van der Waals surface area contributed by atoms with Gasteiger partial charge in [-0.05, 0) is 91.1 Å². The van der Waals surface area contributed by atoms with Crippen LogP contribution in [0.2, 0.25) is 0 Å². The fourth-order valence-electron chi connectivity index (χ4n) is 5.65. The Labute approximate surface area is 279 Å². The monoisotopic (exact) mass is 634 g/mol. The molecule has 2 amide bonds. The van der Waals surface area contributed by atoms with Crippen molar-refractivity contribution in [1.29, 1.82) is 5.26 Å². The molecule has 0 bridgehead atoms. The van der Waals surface area contributed by atoms with E-state index in [1.54, 1.807) is 24.8 Å². The van der Waals surface area contributed by atoms with Crippen molar-refractivity contribution in [2.24, 2.45) is 0 Å². The fraction of sp³-hybridized carbons (Fsp3) is 0.150. The van der Waals surface area contributed by atoms with Gasteiger partial charge in [0.2, 0.25) is 0 Å². The third-order valence-electron chi connectivity index (χ3n) is 8.36. The lowest BCUT2D eigenvalue weighted by atomic mass is 9.93. The summed E-state index contributed by atoms with van der Waals surface area (Å²) in [5.41, 5.74) is 6.49. The molecule has 238 valence electrons. The highest BCUT2D eigenvalue weighted by molar-refractivity contribution is 6.19. The minimum absolute atomic E-state index is 0.0525. The van der Waals surface area contributed by atoms with Crippen LogP contribution in [0.15, 0.2) is 126 Å². The van der Waals surface area contributed by atoms with Crippen LogP contribution in [0.3, 0.4) is 0 Å². The molecule has 0 aliphatic carbocycles. The second-order valence-corrected chi connectivity index (χ2v) is 11.5. The Kier molecular flexibility index (Phi) is 9.31. The molecule has 8 nitrogen and oxygen atoms in total. The van der Waals surface area contributed by atoms with Gasteiger partial charge in [-0.1, -0.05) is 60.7 Å². The Bertz CT molecular complexity index is 2070. The number of methoxy groups -OCH3 is 1. The first-order valence-electron chi connectivity index (χ1n) is 15.6. The van der Waals surface area contributed by atoms with E-state index in [0.29, 0.717) is 29.9 Å². The predicted molar refractivity (Wildman–Crippen MR) is 184 cm³/mol. The number of nitrogens with zero attached hydrogens (tertiary/aromatic N) is 4. The molecule has 48 heavy (non-hydrogen) atoms. The number of carbonyl (C=O) groups is 2. The second kappa shape index (κ2) is 14.1.